The van der Waals surface area contributed by atoms with Crippen molar-refractivity contribution in [3.05, 3.63) is 34.4 Å². The number of hydrogen-bond acceptors (Lipinski definition) is 4. The van der Waals surface area contributed by atoms with Crippen molar-refractivity contribution < 1.29 is 14.4 Å². The highest BCUT2D eigenvalue weighted by Gasteiger charge is 2.61. The molecule has 4 saturated carbocycles. The number of aryl methyl sites for hydroxylation is 3. The van der Waals surface area contributed by atoms with Gasteiger partial charge in [0.05, 0.1) is 5.71 Å². The van der Waals surface area contributed by atoms with Crippen molar-refractivity contribution in [1.82, 2.24) is 0 Å². The number of ketones is 2. The van der Waals surface area contributed by atoms with Crippen LogP contribution in [0.25, 0.3) is 0 Å². The van der Waals surface area contributed by atoms with Crippen molar-refractivity contribution in [2.75, 3.05) is 7.11 Å². The van der Waals surface area contributed by atoms with Gasteiger partial charge in [-0.25, -0.2) is 0 Å². The van der Waals surface area contributed by atoms with Gasteiger partial charge >= 0.3 is 0 Å². The molecule has 0 saturated heterocycles. The Bertz CT molecular complexity index is 771. The second kappa shape index (κ2) is 5.79. The summed E-state index contributed by atoms with van der Waals surface area (Å²) in [4.78, 5) is 31.7. The number of oxime groups is 1. The van der Waals surface area contributed by atoms with Crippen molar-refractivity contribution in [1.29, 1.82) is 0 Å². The summed E-state index contributed by atoms with van der Waals surface area (Å²) in [6.45, 7) is 6.09. The first kappa shape index (κ1) is 16.5. The van der Waals surface area contributed by atoms with Crippen molar-refractivity contribution >= 4 is 17.3 Å². The van der Waals surface area contributed by atoms with E-state index in [2.05, 4.69) is 24.2 Å². The zero-order chi connectivity index (χ0) is 17.9. The Balaban J connectivity index is 1.79. The van der Waals surface area contributed by atoms with E-state index in [4.69, 9.17) is 4.84 Å². The van der Waals surface area contributed by atoms with Crippen molar-refractivity contribution in [2.24, 2.45) is 28.8 Å². The lowest BCUT2D eigenvalue weighted by Gasteiger charge is -2.44. The molecule has 5 unspecified atom stereocenters. The molecule has 0 N–H and O–H groups in total. The third kappa shape index (κ3) is 2.30. The van der Waals surface area contributed by atoms with Crippen molar-refractivity contribution in [3.63, 3.8) is 0 Å². The lowest BCUT2D eigenvalue weighted by atomic mass is 9.58. The van der Waals surface area contributed by atoms with E-state index in [1.54, 1.807) is 7.11 Å². The van der Waals surface area contributed by atoms with E-state index in [9.17, 15) is 9.59 Å². The summed E-state index contributed by atoms with van der Waals surface area (Å²) in [7, 11) is 1.55. The van der Waals surface area contributed by atoms with Gasteiger partial charge in [-0.1, -0.05) is 22.9 Å². The standard InChI is InChI=1S/C21H25NO3/c1-10-7-11(2)16(12(3)8-10)19-20(23)17-13-5-6-14(18(17)21(19)24)15(9-13)22-25-4/h7-8,13-14,17-19H,5-6,9H2,1-4H3. The molecule has 0 aliphatic heterocycles. The second-order valence-corrected chi connectivity index (χ2v) is 8.01. The van der Waals surface area contributed by atoms with Gasteiger partial charge in [0.1, 0.15) is 13.0 Å². The highest BCUT2D eigenvalue weighted by atomic mass is 16.6. The molecule has 4 heteroatoms. The molecule has 2 bridgehead atoms. The molecule has 4 aliphatic carbocycles. The smallest absolute Gasteiger partial charge is 0.152 e. The van der Waals surface area contributed by atoms with Crippen molar-refractivity contribution in [3.8, 4) is 0 Å². The normalized spacial score (nSPS) is 35.4. The molecule has 1 aromatic carbocycles. The Hall–Kier alpha value is -1.97. The minimum atomic E-state index is -0.583. The molecule has 4 aliphatic rings. The number of Topliss-reactive ketones (excluding diaryl/α,β-unsaturated/α-hetero) is 2. The number of carbonyl (C=O) groups excluding carboxylic acids is 2. The predicted octanol–water partition coefficient (Wildman–Crippen LogP) is 3.51. The molecule has 5 rings (SSSR count). The molecule has 132 valence electrons. The fourth-order valence-corrected chi connectivity index (χ4v) is 5.78. The maximum absolute atomic E-state index is 13.4. The molecule has 5 atom stereocenters. The number of fused-ring (bicyclic) bond motifs is 2. The van der Waals surface area contributed by atoms with Gasteiger partial charge in [-0.2, -0.15) is 0 Å². The molecule has 4 fully saturated rings. The Kier molecular flexibility index (Phi) is 3.82. The Labute approximate surface area is 148 Å². The lowest BCUT2D eigenvalue weighted by Crippen LogP contribution is -2.47. The van der Waals surface area contributed by atoms with E-state index >= 15 is 0 Å². The summed E-state index contributed by atoms with van der Waals surface area (Å²) in [6.07, 6.45) is 2.77. The molecule has 1 aromatic rings. The molecule has 0 amide bonds. The van der Waals surface area contributed by atoms with Crippen LogP contribution in [0, 0.1) is 44.4 Å². The predicted molar refractivity (Wildman–Crippen MR) is 95.7 cm³/mol. The minimum Gasteiger partial charge on any atom is -0.399 e. The summed E-state index contributed by atoms with van der Waals surface area (Å²) >= 11 is 0. The molecule has 0 aromatic heterocycles. The van der Waals surface area contributed by atoms with Gasteiger partial charge < -0.3 is 4.84 Å². The fraction of sp³-hybridized carbons (Fsp3) is 0.571. The summed E-state index contributed by atoms with van der Waals surface area (Å²) in [6, 6.07) is 4.16. The van der Waals surface area contributed by atoms with E-state index in [0.717, 1.165) is 41.7 Å². The average Bonchev–Trinajstić information content (AvgIpc) is 2.82. The van der Waals surface area contributed by atoms with Crippen LogP contribution in [0.1, 0.15) is 47.4 Å². The first-order valence-electron chi connectivity index (χ1n) is 9.19. The van der Waals surface area contributed by atoms with E-state index in [-0.39, 0.29) is 35.2 Å². The van der Waals surface area contributed by atoms with Crippen molar-refractivity contribution in [2.45, 2.75) is 46.0 Å². The SMILES string of the molecule is CON=C1CC2CCC1C1C(=O)C(c3c(C)cc(C)cc3C)C(=O)C21. The number of hydrogen-bond donors (Lipinski definition) is 0. The molecule has 25 heavy (non-hydrogen) atoms. The molecular formula is C21H25NO3. The zero-order valence-corrected chi connectivity index (χ0v) is 15.3. The summed E-state index contributed by atoms with van der Waals surface area (Å²) in [5.41, 5.74) is 5.21. The molecule has 0 heterocycles. The van der Waals surface area contributed by atoms with Crippen LogP contribution in [0.3, 0.4) is 0 Å². The minimum absolute atomic E-state index is 0.0856. The van der Waals surface area contributed by atoms with Crippen LogP contribution in [0.5, 0.6) is 0 Å². The largest absolute Gasteiger partial charge is 0.399 e. The first-order chi connectivity index (χ1) is 11.9. The maximum atomic E-state index is 13.4. The molecule has 0 radical (unpaired) electrons. The highest BCUT2D eigenvalue weighted by molar-refractivity contribution is 6.18. The van der Waals surface area contributed by atoms with E-state index in [1.807, 2.05) is 13.8 Å². The van der Waals surface area contributed by atoms with Gasteiger partial charge in [-0.05, 0) is 62.6 Å². The van der Waals surface area contributed by atoms with E-state index in [1.165, 1.54) is 5.56 Å². The zero-order valence-electron chi connectivity index (χ0n) is 15.3. The van der Waals surface area contributed by atoms with Gasteiger partial charge in [0.2, 0.25) is 0 Å². The van der Waals surface area contributed by atoms with E-state index in [0.29, 0.717) is 0 Å². The van der Waals surface area contributed by atoms with Crippen LogP contribution >= 0.6 is 0 Å². The number of carbonyl (C=O) groups is 2. The second-order valence-electron chi connectivity index (χ2n) is 8.01. The van der Waals surface area contributed by atoms with Gasteiger partial charge in [-0.15, -0.1) is 0 Å². The van der Waals surface area contributed by atoms with Gasteiger partial charge in [0.25, 0.3) is 0 Å². The molecule has 4 nitrogen and oxygen atoms in total. The van der Waals surface area contributed by atoms with Gasteiger partial charge in [0, 0.05) is 17.8 Å². The lowest BCUT2D eigenvalue weighted by molar-refractivity contribution is -0.125. The molecule has 0 spiro atoms. The van der Waals surface area contributed by atoms with Crippen LogP contribution in [0.2, 0.25) is 0 Å². The average molecular weight is 339 g/mol. The van der Waals surface area contributed by atoms with Crippen LogP contribution in [-0.2, 0) is 14.4 Å². The van der Waals surface area contributed by atoms with E-state index < -0.39 is 5.92 Å². The highest BCUT2D eigenvalue weighted by Crippen LogP contribution is 2.55. The van der Waals surface area contributed by atoms with Crippen LogP contribution in [-0.4, -0.2) is 24.4 Å². The number of nitrogens with zero attached hydrogens (tertiary/aromatic N) is 1. The number of rotatable bonds is 2. The fourth-order valence-electron chi connectivity index (χ4n) is 5.78. The van der Waals surface area contributed by atoms with Gasteiger partial charge in [-0.3, -0.25) is 9.59 Å². The topological polar surface area (TPSA) is 55.7 Å². The van der Waals surface area contributed by atoms with Crippen LogP contribution in [0.4, 0.5) is 0 Å². The third-order valence-corrected chi connectivity index (χ3v) is 6.54. The summed E-state index contributed by atoms with van der Waals surface area (Å²) in [5.74, 6) is -0.301. The Morgan fingerprint density at radius 2 is 1.64 bits per heavy atom. The summed E-state index contributed by atoms with van der Waals surface area (Å²) < 4.78 is 0. The van der Waals surface area contributed by atoms with Gasteiger partial charge in [0.15, 0.2) is 11.6 Å². The van der Waals surface area contributed by atoms with Crippen LogP contribution < -0.4 is 0 Å². The molecular weight excluding hydrogens is 314 g/mol. The maximum Gasteiger partial charge on any atom is 0.152 e. The first-order valence-corrected chi connectivity index (χ1v) is 9.19. The monoisotopic (exact) mass is 339 g/mol. The van der Waals surface area contributed by atoms with Crippen LogP contribution in [0.15, 0.2) is 17.3 Å². The summed E-state index contributed by atoms with van der Waals surface area (Å²) in [5, 5.41) is 4.18. The Morgan fingerprint density at radius 1 is 1.00 bits per heavy atom. The third-order valence-electron chi connectivity index (χ3n) is 6.54. The number of benzene rings is 1. The quantitative estimate of drug-likeness (QED) is 0.612. The Morgan fingerprint density at radius 3 is 2.28 bits per heavy atom.